The van der Waals surface area contributed by atoms with Gasteiger partial charge in [0.2, 0.25) is 15.9 Å². The zero-order valence-corrected chi connectivity index (χ0v) is 15.1. The van der Waals surface area contributed by atoms with Crippen molar-refractivity contribution < 1.29 is 26.7 Å². The van der Waals surface area contributed by atoms with Crippen LogP contribution in [-0.4, -0.2) is 45.0 Å². The van der Waals surface area contributed by atoms with E-state index in [2.05, 4.69) is 4.72 Å². The predicted octanol–water partition coefficient (Wildman–Crippen LogP) is 1.67. The number of nitrogens with one attached hydrogen (secondary N) is 1. The molecule has 2 aromatic rings. The van der Waals surface area contributed by atoms with E-state index in [-0.39, 0.29) is 25.6 Å². The summed E-state index contributed by atoms with van der Waals surface area (Å²) in [6, 6.07) is 11.4. The maximum Gasteiger partial charge on any atom is 0.248 e. The Balaban J connectivity index is 1.62. The van der Waals surface area contributed by atoms with Crippen molar-refractivity contribution >= 4 is 15.9 Å². The maximum absolute atomic E-state index is 13.3. The lowest BCUT2D eigenvalue weighted by Gasteiger charge is -2.32. The van der Waals surface area contributed by atoms with Crippen molar-refractivity contribution in [3.05, 3.63) is 65.7 Å². The highest BCUT2D eigenvalue weighted by Crippen LogP contribution is 2.15. The van der Waals surface area contributed by atoms with Gasteiger partial charge >= 0.3 is 0 Å². The first kappa shape index (κ1) is 19.4. The molecule has 1 heterocycles. The molecule has 6 nitrogen and oxygen atoms in total. The minimum absolute atomic E-state index is 0.126. The van der Waals surface area contributed by atoms with Crippen molar-refractivity contribution in [2.75, 3.05) is 19.7 Å². The summed E-state index contributed by atoms with van der Waals surface area (Å²) in [5, 5.41) is 0. The van der Waals surface area contributed by atoms with E-state index in [1.165, 1.54) is 0 Å². The van der Waals surface area contributed by atoms with Gasteiger partial charge in [-0.25, -0.2) is 21.9 Å². The molecule has 3 rings (SSSR count). The van der Waals surface area contributed by atoms with Gasteiger partial charge in [-0.05, 0) is 17.7 Å². The van der Waals surface area contributed by atoms with Crippen molar-refractivity contribution in [1.82, 2.24) is 9.62 Å². The van der Waals surface area contributed by atoms with Gasteiger partial charge in [0.1, 0.15) is 18.2 Å². The van der Waals surface area contributed by atoms with Crippen LogP contribution in [0.1, 0.15) is 5.56 Å². The fourth-order valence-electron chi connectivity index (χ4n) is 2.73. The number of halogens is 2. The van der Waals surface area contributed by atoms with Crippen molar-refractivity contribution in [3.63, 3.8) is 0 Å². The number of hydrogen-bond acceptors (Lipinski definition) is 4. The van der Waals surface area contributed by atoms with Gasteiger partial charge in [0, 0.05) is 25.7 Å². The summed E-state index contributed by atoms with van der Waals surface area (Å²) in [5.41, 5.74) is 0.947. The molecule has 0 aliphatic carbocycles. The molecule has 1 fully saturated rings. The predicted molar refractivity (Wildman–Crippen MR) is 93.1 cm³/mol. The smallest absolute Gasteiger partial charge is 0.248 e. The zero-order valence-electron chi connectivity index (χ0n) is 14.3. The molecule has 0 bridgehead atoms. The van der Waals surface area contributed by atoms with Crippen LogP contribution in [0.4, 0.5) is 8.78 Å². The van der Waals surface area contributed by atoms with Gasteiger partial charge in [0.25, 0.3) is 0 Å². The first-order chi connectivity index (χ1) is 12.8. The van der Waals surface area contributed by atoms with E-state index in [9.17, 15) is 22.0 Å². The Hall–Kier alpha value is -2.36. The largest absolute Gasteiger partial charge is 0.365 e. The molecule has 0 aromatic heterocycles. The highest BCUT2D eigenvalue weighted by Gasteiger charge is 2.28. The Labute approximate surface area is 155 Å². The molecule has 0 radical (unpaired) electrons. The summed E-state index contributed by atoms with van der Waals surface area (Å²) in [6.45, 7) is 0.308. The molecule has 1 aliphatic heterocycles. The minimum Gasteiger partial charge on any atom is -0.365 e. The fourth-order valence-corrected chi connectivity index (χ4v) is 3.84. The fraction of sp³-hybridized carbons (Fsp3) is 0.278. The summed E-state index contributed by atoms with van der Waals surface area (Å²) in [5.74, 6) is -2.15. The lowest BCUT2D eigenvalue weighted by atomic mass is 10.2. The lowest BCUT2D eigenvalue weighted by Crippen LogP contribution is -2.50. The topological polar surface area (TPSA) is 75.7 Å². The van der Waals surface area contributed by atoms with E-state index >= 15 is 0 Å². The van der Waals surface area contributed by atoms with E-state index in [1.54, 1.807) is 4.90 Å². The van der Waals surface area contributed by atoms with Crippen LogP contribution in [0.25, 0.3) is 0 Å². The van der Waals surface area contributed by atoms with Crippen molar-refractivity contribution in [3.8, 4) is 0 Å². The van der Waals surface area contributed by atoms with Gasteiger partial charge < -0.3 is 9.64 Å². The first-order valence-corrected chi connectivity index (χ1v) is 9.71. The quantitative estimate of drug-likeness (QED) is 0.806. The van der Waals surface area contributed by atoms with Crippen LogP contribution in [0.5, 0.6) is 0 Å². The number of rotatable bonds is 6. The molecule has 1 atom stereocenters. The molecule has 1 unspecified atom stereocenters. The Bertz CT molecular complexity index is 902. The average molecular weight is 396 g/mol. The monoisotopic (exact) mass is 396 g/mol. The highest BCUT2D eigenvalue weighted by atomic mass is 32.2. The van der Waals surface area contributed by atoms with Gasteiger partial charge in [-0.1, -0.05) is 30.3 Å². The second-order valence-electron chi connectivity index (χ2n) is 6.15. The van der Waals surface area contributed by atoms with Gasteiger partial charge in [0.05, 0.1) is 11.0 Å². The van der Waals surface area contributed by atoms with Crippen LogP contribution < -0.4 is 4.72 Å². The van der Waals surface area contributed by atoms with Crippen molar-refractivity contribution in [1.29, 1.82) is 0 Å². The van der Waals surface area contributed by atoms with Crippen molar-refractivity contribution in [2.45, 2.75) is 17.5 Å². The second kappa shape index (κ2) is 8.12. The number of carbonyl (C=O) groups excluding carboxylic acids is 1. The third-order valence-electron chi connectivity index (χ3n) is 4.08. The average Bonchev–Trinajstić information content (AvgIpc) is 2.62. The van der Waals surface area contributed by atoms with Crippen molar-refractivity contribution in [2.24, 2.45) is 0 Å². The Morgan fingerprint density at radius 1 is 1.11 bits per heavy atom. The molecule has 1 N–H and O–H groups in total. The third-order valence-corrected chi connectivity index (χ3v) is 5.49. The molecule has 1 aliphatic rings. The van der Waals surface area contributed by atoms with E-state index in [0.717, 1.165) is 17.7 Å². The summed E-state index contributed by atoms with van der Waals surface area (Å²) in [7, 11) is -4.11. The van der Waals surface area contributed by atoms with Crippen LogP contribution in [0.15, 0.2) is 53.4 Å². The number of sulfonamides is 1. The molecule has 27 heavy (non-hydrogen) atoms. The molecule has 9 heteroatoms. The number of morpholine rings is 1. The molecule has 0 saturated carbocycles. The number of carbonyl (C=O) groups is 1. The third kappa shape index (κ3) is 5.09. The molecular formula is C18H18F2N2O4S. The SMILES string of the molecule is O=C1COC(CNS(=O)(=O)c2cc(F)cc(F)c2)CN1Cc1ccccc1. The first-order valence-electron chi connectivity index (χ1n) is 8.22. The van der Waals surface area contributed by atoms with Crippen LogP contribution in [-0.2, 0) is 26.1 Å². The van der Waals surface area contributed by atoms with Gasteiger partial charge in [0.15, 0.2) is 0 Å². The van der Waals surface area contributed by atoms with Crippen LogP contribution >= 0.6 is 0 Å². The van der Waals surface area contributed by atoms with E-state index < -0.39 is 32.7 Å². The molecule has 0 spiro atoms. The molecular weight excluding hydrogens is 378 g/mol. The summed E-state index contributed by atoms with van der Waals surface area (Å²) in [4.78, 5) is 13.1. The second-order valence-corrected chi connectivity index (χ2v) is 7.92. The van der Waals surface area contributed by atoms with E-state index in [4.69, 9.17) is 4.74 Å². The van der Waals surface area contributed by atoms with Gasteiger partial charge in [-0.15, -0.1) is 0 Å². The molecule has 2 aromatic carbocycles. The number of nitrogens with zero attached hydrogens (tertiary/aromatic N) is 1. The lowest BCUT2D eigenvalue weighted by molar-refractivity contribution is -0.149. The Kier molecular flexibility index (Phi) is 5.83. The zero-order chi connectivity index (χ0) is 19.4. The summed E-state index contributed by atoms with van der Waals surface area (Å²) in [6.07, 6.45) is -0.570. The minimum atomic E-state index is -4.11. The molecule has 1 amide bonds. The normalized spacial score (nSPS) is 17.9. The molecule has 1 saturated heterocycles. The van der Waals surface area contributed by atoms with Crippen LogP contribution in [0.3, 0.4) is 0 Å². The van der Waals surface area contributed by atoms with Gasteiger partial charge in [-0.3, -0.25) is 4.79 Å². The van der Waals surface area contributed by atoms with E-state index in [0.29, 0.717) is 12.6 Å². The maximum atomic E-state index is 13.3. The standard InChI is InChI=1S/C18H18F2N2O4S/c19-14-6-15(20)8-17(7-14)27(24,25)21-9-16-11-22(18(23)12-26-16)10-13-4-2-1-3-5-13/h1-8,16,21H,9-12H2. The molecule has 144 valence electrons. The highest BCUT2D eigenvalue weighted by molar-refractivity contribution is 7.89. The van der Waals surface area contributed by atoms with E-state index in [1.807, 2.05) is 30.3 Å². The number of hydrogen-bond donors (Lipinski definition) is 1. The Morgan fingerprint density at radius 2 is 1.78 bits per heavy atom. The summed E-state index contributed by atoms with van der Waals surface area (Å²) >= 11 is 0. The van der Waals surface area contributed by atoms with Gasteiger partial charge in [-0.2, -0.15) is 0 Å². The van der Waals surface area contributed by atoms with Crippen LogP contribution in [0.2, 0.25) is 0 Å². The number of amides is 1. The number of ether oxygens (including phenoxy) is 1. The Morgan fingerprint density at radius 3 is 2.44 bits per heavy atom. The number of benzene rings is 2. The summed E-state index contributed by atoms with van der Waals surface area (Å²) < 4.78 is 58.6. The van der Waals surface area contributed by atoms with Crippen LogP contribution in [0, 0.1) is 11.6 Å².